The van der Waals surface area contributed by atoms with Crippen molar-refractivity contribution in [2.45, 2.75) is 20.8 Å². The van der Waals surface area contributed by atoms with Crippen molar-refractivity contribution in [1.82, 2.24) is 0 Å². The van der Waals surface area contributed by atoms with Crippen molar-refractivity contribution in [3.63, 3.8) is 0 Å². The summed E-state index contributed by atoms with van der Waals surface area (Å²) < 4.78 is 17.4. The lowest BCUT2D eigenvalue weighted by Crippen LogP contribution is -2.21. The Kier molecular flexibility index (Phi) is 5.45. The molecule has 0 saturated carbocycles. The van der Waals surface area contributed by atoms with Crippen molar-refractivity contribution < 1.29 is 13.3 Å². The topological polar surface area (TPSA) is 76.8 Å². The largest absolute Gasteiger partial charge is 0.456 e. The number of rotatable bonds is 5. The molecule has 3 aromatic heterocycles. The molecule has 6 rings (SSSR count). The predicted octanol–water partition coefficient (Wildman–Crippen LogP) is 7.13. The molecule has 0 radical (unpaired) electrons. The first-order valence-corrected chi connectivity index (χ1v) is 12.4. The highest BCUT2D eigenvalue weighted by Crippen LogP contribution is 2.32. The Labute approximate surface area is 212 Å². The Bertz CT molecular complexity index is 1920. The summed E-state index contributed by atoms with van der Waals surface area (Å²) in [5, 5.41) is 3.51. The lowest BCUT2D eigenvalue weighted by Gasteiger charge is -2.20. The molecule has 0 aliphatic rings. The lowest BCUT2D eigenvalue weighted by molar-refractivity contribution is 0.544. The first kappa shape index (κ1) is 22.9. The fourth-order valence-corrected chi connectivity index (χ4v) is 4.95. The molecule has 0 bridgehead atoms. The van der Waals surface area contributed by atoms with Crippen molar-refractivity contribution >= 4 is 38.4 Å². The molecule has 0 unspecified atom stereocenters. The lowest BCUT2D eigenvalue weighted by atomic mass is 10.0. The number of aryl methyl sites for hydroxylation is 1. The van der Waals surface area contributed by atoms with Crippen LogP contribution in [0.25, 0.3) is 55.4 Å². The van der Waals surface area contributed by atoms with Crippen LogP contribution in [0.4, 0.5) is 5.69 Å². The molecule has 0 amide bonds. The summed E-state index contributed by atoms with van der Waals surface area (Å²) in [6, 6.07) is 22.6. The predicted molar refractivity (Wildman–Crippen MR) is 147 cm³/mol. The van der Waals surface area contributed by atoms with Crippen LogP contribution >= 0.6 is 0 Å². The average molecular weight is 492 g/mol. The van der Waals surface area contributed by atoms with Gasteiger partial charge in [0.15, 0.2) is 0 Å². The van der Waals surface area contributed by atoms with Gasteiger partial charge in [0.1, 0.15) is 33.8 Å². The van der Waals surface area contributed by atoms with Crippen molar-refractivity contribution in [3.05, 3.63) is 99.2 Å². The van der Waals surface area contributed by atoms with E-state index >= 15 is 0 Å². The molecule has 6 aromatic rings. The summed E-state index contributed by atoms with van der Waals surface area (Å²) in [6.07, 6.45) is 0. The van der Waals surface area contributed by atoms with Crippen LogP contribution in [0.3, 0.4) is 0 Å². The number of hydrogen-bond acceptors (Lipinski definition) is 6. The van der Waals surface area contributed by atoms with E-state index < -0.39 is 11.3 Å². The Hall–Kier alpha value is -4.58. The quantitative estimate of drug-likeness (QED) is 0.189. The molecule has 37 heavy (non-hydrogen) atoms. The number of fused-ring (bicyclic) bond motifs is 4. The molecular formula is C31H25NO5. The van der Waals surface area contributed by atoms with Crippen LogP contribution in [-0.4, -0.2) is 13.1 Å². The maximum absolute atomic E-state index is 13.0. The molecule has 6 heteroatoms. The molecule has 3 heterocycles. The fourth-order valence-electron chi connectivity index (χ4n) is 4.95. The van der Waals surface area contributed by atoms with Gasteiger partial charge in [-0.15, -0.1) is 0 Å². The fraction of sp³-hybridized carbons (Fsp3) is 0.161. The van der Waals surface area contributed by atoms with Crippen LogP contribution in [0.5, 0.6) is 0 Å². The first-order chi connectivity index (χ1) is 18.0. The maximum Gasteiger partial charge on any atom is 0.347 e. The molecule has 0 N–H and O–H groups in total. The summed E-state index contributed by atoms with van der Waals surface area (Å²) in [5.74, 6) is 0.651. The third-order valence-electron chi connectivity index (χ3n) is 6.96. The molecule has 3 aromatic carbocycles. The third-order valence-corrected chi connectivity index (χ3v) is 6.96. The zero-order chi connectivity index (χ0) is 25.7. The smallest absolute Gasteiger partial charge is 0.347 e. The average Bonchev–Trinajstić information content (AvgIpc) is 3.38. The molecule has 6 nitrogen and oxygen atoms in total. The zero-order valence-electron chi connectivity index (χ0n) is 20.8. The number of furan rings is 1. The Morgan fingerprint density at radius 3 is 2.08 bits per heavy atom. The van der Waals surface area contributed by atoms with Gasteiger partial charge < -0.3 is 18.2 Å². The van der Waals surface area contributed by atoms with E-state index in [2.05, 4.69) is 18.7 Å². The van der Waals surface area contributed by atoms with Gasteiger partial charge in [0.25, 0.3) is 0 Å². The molecule has 0 fully saturated rings. The van der Waals surface area contributed by atoms with Crippen LogP contribution in [0, 0.1) is 6.92 Å². The van der Waals surface area contributed by atoms with Crippen LogP contribution in [0.15, 0.2) is 95.6 Å². The SMILES string of the molecule is CCN(CC)c1ccc2cc(-c3ccc(-c4cc5ccc6c(C)cccc6c5oc4=O)o3)c(=O)oc2c1. The van der Waals surface area contributed by atoms with Gasteiger partial charge >= 0.3 is 11.3 Å². The normalized spacial score (nSPS) is 11.5. The molecule has 0 spiro atoms. The first-order valence-electron chi connectivity index (χ1n) is 12.4. The van der Waals surface area contributed by atoms with E-state index in [1.54, 1.807) is 24.3 Å². The van der Waals surface area contributed by atoms with E-state index in [0.29, 0.717) is 33.8 Å². The van der Waals surface area contributed by atoms with Crippen LogP contribution < -0.4 is 16.2 Å². The minimum atomic E-state index is -0.503. The van der Waals surface area contributed by atoms with Gasteiger partial charge in [0.2, 0.25) is 0 Å². The number of benzene rings is 3. The van der Waals surface area contributed by atoms with Crippen molar-refractivity contribution in [2.24, 2.45) is 0 Å². The van der Waals surface area contributed by atoms with E-state index in [-0.39, 0.29) is 0 Å². The van der Waals surface area contributed by atoms with Gasteiger partial charge in [-0.25, -0.2) is 9.59 Å². The number of hydrogen-bond donors (Lipinski definition) is 0. The molecule has 0 atom stereocenters. The van der Waals surface area contributed by atoms with Crippen LogP contribution in [0.1, 0.15) is 19.4 Å². The second kappa shape index (κ2) is 8.82. The van der Waals surface area contributed by atoms with Crippen molar-refractivity contribution in [1.29, 1.82) is 0 Å². The summed E-state index contributed by atoms with van der Waals surface area (Å²) in [4.78, 5) is 28.0. The van der Waals surface area contributed by atoms with Gasteiger partial charge in [0.05, 0.1) is 0 Å². The molecular weight excluding hydrogens is 466 g/mol. The van der Waals surface area contributed by atoms with Gasteiger partial charge in [0, 0.05) is 41.0 Å². The van der Waals surface area contributed by atoms with Gasteiger partial charge in [-0.1, -0.05) is 30.3 Å². The summed E-state index contributed by atoms with van der Waals surface area (Å²) in [7, 11) is 0. The monoisotopic (exact) mass is 491 g/mol. The highest BCUT2D eigenvalue weighted by molar-refractivity contribution is 6.05. The molecule has 0 saturated heterocycles. The number of anilines is 1. The summed E-state index contributed by atoms with van der Waals surface area (Å²) >= 11 is 0. The zero-order valence-corrected chi connectivity index (χ0v) is 20.8. The summed E-state index contributed by atoms with van der Waals surface area (Å²) in [6.45, 7) is 7.91. The maximum atomic E-state index is 13.0. The van der Waals surface area contributed by atoms with E-state index in [0.717, 1.165) is 45.9 Å². The van der Waals surface area contributed by atoms with Crippen molar-refractivity contribution in [3.8, 4) is 22.6 Å². The Balaban J connectivity index is 1.42. The van der Waals surface area contributed by atoms with E-state index in [1.807, 2.05) is 55.5 Å². The van der Waals surface area contributed by atoms with Crippen LogP contribution in [-0.2, 0) is 0 Å². The third kappa shape index (κ3) is 3.82. The second-order valence-electron chi connectivity index (χ2n) is 9.11. The molecule has 0 aliphatic carbocycles. The Morgan fingerprint density at radius 2 is 1.35 bits per heavy atom. The highest BCUT2D eigenvalue weighted by atomic mass is 16.4. The molecule has 184 valence electrons. The standard InChI is InChI=1S/C31H25NO5/c1-4-32(5-2)21-11-9-19-15-24(30(33)36-28(19)17-21)26-13-14-27(35-26)25-16-20-10-12-22-18(3)7-6-8-23(22)29(20)37-31(25)34/h6-17H,4-5H2,1-3H3. The second-order valence-corrected chi connectivity index (χ2v) is 9.11. The van der Waals surface area contributed by atoms with Gasteiger partial charge in [-0.05, 0) is 68.1 Å². The molecule has 0 aliphatic heterocycles. The van der Waals surface area contributed by atoms with E-state index in [1.165, 1.54) is 0 Å². The van der Waals surface area contributed by atoms with Gasteiger partial charge in [-0.2, -0.15) is 0 Å². The van der Waals surface area contributed by atoms with E-state index in [9.17, 15) is 9.59 Å². The van der Waals surface area contributed by atoms with Crippen LogP contribution in [0.2, 0.25) is 0 Å². The summed E-state index contributed by atoms with van der Waals surface area (Å²) in [5.41, 5.74) is 2.75. The van der Waals surface area contributed by atoms with E-state index in [4.69, 9.17) is 13.3 Å². The Morgan fingerprint density at radius 1 is 0.676 bits per heavy atom. The van der Waals surface area contributed by atoms with Crippen molar-refractivity contribution in [2.75, 3.05) is 18.0 Å². The minimum absolute atomic E-state index is 0.291. The number of nitrogens with zero attached hydrogens (tertiary/aromatic N) is 1. The minimum Gasteiger partial charge on any atom is -0.456 e. The highest BCUT2D eigenvalue weighted by Gasteiger charge is 2.17. The van der Waals surface area contributed by atoms with Gasteiger partial charge in [-0.3, -0.25) is 0 Å².